The number of amidine groups is 1. The van der Waals surface area contributed by atoms with Crippen LogP contribution in [0.4, 0.5) is 11.4 Å². The number of benzene rings is 2. The molecule has 2 aromatic carbocycles. The number of amides is 2. The van der Waals surface area contributed by atoms with E-state index < -0.39 is 5.25 Å². The number of aryl methyl sites for hydroxylation is 1. The van der Waals surface area contributed by atoms with Crippen molar-refractivity contribution in [3.05, 3.63) is 60.2 Å². The molecule has 0 bridgehead atoms. The Hall–Kier alpha value is -2.60. The van der Waals surface area contributed by atoms with Gasteiger partial charge in [0.1, 0.15) is 5.25 Å². The van der Waals surface area contributed by atoms with Crippen LogP contribution < -0.4 is 10.6 Å². The van der Waals surface area contributed by atoms with Gasteiger partial charge in [0, 0.05) is 12.1 Å². The van der Waals surface area contributed by atoms with E-state index in [1.807, 2.05) is 61.5 Å². The van der Waals surface area contributed by atoms with Gasteiger partial charge in [0.15, 0.2) is 5.17 Å². The minimum Gasteiger partial charge on any atom is -0.326 e. The lowest BCUT2D eigenvalue weighted by molar-refractivity contribution is -0.122. The molecule has 122 valence electrons. The average molecular weight is 339 g/mol. The second-order valence-electron chi connectivity index (χ2n) is 5.47. The van der Waals surface area contributed by atoms with E-state index in [-0.39, 0.29) is 18.2 Å². The lowest BCUT2D eigenvalue weighted by Gasteiger charge is -2.07. The predicted molar refractivity (Wildman–Crippen MR) is 97.5 cm³/mol. The molecule has 1 saturated heterocycles. The highest BCUT2D eigenvalue weighted by atomic mass is 32.2. The summed E-state index contributed by atoms with van der Waals surface area (Å²) in [4.78, 5) is 28.5. The van der Waals surface area contributed by atoms with E-state index in [2.05, 4.69) is 15.6 Å². The minimum absolute atomic E-state index is 0.109. The number of aliphatic imine (C=N–C) groups is 1. The van der Waals surface area contributed by atoms with Crippen LogP contribution >= 0.6 is 11.8 Å². The van der Waals surface area contributed by atoms with E-state index >= 15 is 0 Å². The van der Waals surface area contributed by atoms with Gasteiger partial charge < -0.3 is 10.6 Å². The Balaban J connectivity index is 1.59. The molecular formula is C18H17N3O2S. The molecule has 0 radical (unpaired) electrons. The van der Waals surface area contributed by atoms with E-state index in [9.17, 15) is 9.59 Å². The molecule has 0 spiro atoms. The summed E-state index contributed by atoms with van der Waals surface area (Å²) >= 11 is 1.28. The first-order chi connectivity index (χ1) is 11.6. The molecule has 2 amide bonds. The van der Waals surface area contributed by atoms with Crippen molar-refractivity contribution in [1.82, 2.24) is 5.32 Å². The summed E-state index contributed by atoms with van der Waals surface area (Å²) in [6, 6.07) is 16.9. The fraction of sp³-hybridized carbons (Fsp3) is 0.167. The maximum absolute atomic E-state index is 12.1. The van der Waals surface area contributed by atoms with Crippen molar-refractivity contribution in [2.45, 2.75) is 18.6 Å². The third-order valence-corrected chi connectivity index (χ3v) is 4.55. The lowest BCUT2D eigenvalue weighted by atomic mass is 10.2. The third-order valence-electron chi connectivity index (χ3n) is 3.47. The predicted octanol–water partition coefficient (Wildman–Crippen LogP) is 3.24. The fourth-order valence-corrected chi connectivity index (χ4v) is 3.22. The van der Waals surface area contributed by atoms with Crippen LogP contribution in [0.1, 0.15) is 12.0 Å². The SMILES string of the molecule is Cc1ccc(NC(=O)C[C@@H]2SC(=Nc3ccccc3)NC2=O)cc1. The Bertz CT molecular complexity index is 773. The Morgan fingerprint density at radius 1 is 1.17 bits per heavy atom. The Labute approximate surface area is 144 Å². The maximum Gasteiger partial charge on any atom is 0.240 e. The van der Waals surface area contributed by atoms with Gasteiger partial charge in [0.05, 0.1) is 5.69 Å². The van der Waals surface area contributed by atoms with Crippen molar-refractivity contribution < 1.29 is 9.59 Å². The zero-order chi connectivity index (χ0) is 16.9. The molecule has 0 saturated carbocycles. The van der Waals surface area contributed by atoms with Crippen LogP contribution in [0.3, 0.4) is 0 Å². The number of anilines is 1. The molecule has 1 heterocycles. The summed E-state index contributed by atoms with van der Waals surface area (Å²) in [6.07, 6.45) is 0.109. The fourth-order valence-electron chi connectivity index (χ4n) is 2.23. The van der Waals surface area contributed by atoms with Crippen LogP contribution in [0, 0.1) is 6.92 Å². The molecule has 1 aliphatic heterocycles. The van der Waals surface area contributed by atoms with Crippen LogP contribution in [0.25, 0.3) is 0 Å². The number of hydrogen-bond donors (Lipinski definition) is 2. The van der Waals surface area contributed by atoms with Crippen molar-refractivity contribution in [2.75, 3.05) is 5.32 Å². The maximum atomic E-state index is 12.1. The third kappa shape index (κ3) is 4.23. The number of hydrogen-bond acceptors (Lipinski definition) is 4. The molecule has 2 aromatic rings. The molecule has 3 rings (SSSR count). The minimum atomic E-state index is -0.460. The van der Waals surface area contributed by atoms with Crippen LogP contribution in [0.15, 0.2) is 59.6 Å². The molecule has 1 atom stereocenters. The van der Waals surface area contributed by atoms with Crippen molar-refractivity contribution in [1.29, 1.82) is 0 Å². The smallest absolute Gasteiger partial charge is 0.240 e. The summed E-state index contributed by atoms with van der Waals surface area (Å²) in [5.41, 5.74) is 2.62. The van der Waals surface area contributed by atoms with Gasteiger partial charge in [-0.25, -0.2) is 4.99 Å². The molecule has 24 heavy (non-hydrogen) atoms. The number of rotatable bonds is 4. The van der Waals surface area contributed by atoms with E-state index in [1.165, 1.54) is 11.8 Å². The average Bonchev–Trinajstić information content (AvgIpc) is 2.90. The number of thioether (sulfide) groups is 1. The quantitative estimate of drug-likeness (QED) is 0.898. The van der Waals surface area contributed by atoms with Gasteiger partial charge in [-0.2, -0.15) is 0 Å². The normalized spacial score (nSPS) is 18.5. The van der Waals surface area contributed by atoms with Gasteiger partial charge in [-0.05, 0) is 31.2 Å². The summed E-state index contributed by atoms with van der Waals surface area (Å²) in [5, 5.41) is 5.60. The topological polar surface area (TPSA) is 70.6 Å². The van der Waals surface area contributed by atoms with Gasteiger partial charge in [-0.3, -0.25) is 9.59 Å². The van der Waals surface area contributed by atoms with Gasteiger partial charge in [0.2, 0.25) is 11.8 Å². The van der Waals surface area contributed by atoms with Crippen LogP contribution in [-0.4, -0.2) is 22.2 Å². The first-order valence-corrected chi connectivity index (χ1v) is 8.46. The summed E-state index contributed by atoms with van der Waals surface area (Å²) in [5.74, 6) is -0.374. The van der Waals surface area contributed by atoms with Gasteiger partial charge in [-0.1, -0.05) is 47.7 Å². The monoisotopic (exact) mass is 339 g/mol. The van der Waals surface area contributed by atoms with E-state index in [0.717, 1.165) is 16.9 Å². The second-order valence-corrected chi connectivity index (χ2v) is 6.66. The highest BCUT2D eigenvalue weighted by Crippen LogP contribution is 2.25. The van der Waals surface area contributed by atoms with Crippen molar-refractivity contribution in [3.63, 3.8) is 0 Å². The molecule has 5 nitrogen and oxygen atoms in total. The van der Waals surface area contributed by atoms with Crippen molar-refractivity contribution in [2.24, 2.45) is 4.99 Å². The Morgan fingerprint density at radius 2 is 1.88 bits per heavy atom. The zero-order valence-corrected chi connectivity index (χ0v) is 14.0. The number of nitrogens with zero attached hydrogens (tertiary/aromatic N) is 1. The van der Waals surface area contributed by atoms with E-state index in [0.29, 0.717) is 5.17 Å². The first-order valence-electron chi connectivity index (χ1n) is 7.58. The Kier molecular flexibility index (Phi) is 4.96. The van der Waals surface area contributed by atoms with Gasteiger partial charge in [0.25, 0.3) is 0 Å². The number of carbonyl (C=O) groups excluding carboxylic acids is 2. The first kappa shape index (κ1) is 16.3. The molecule has 0 aliphatic carbocycles. The van der Waals surface area contributed by atoms with Crippen LogP contribution in [0.5, 0.6) is 0 Å². The summed E-state index contributed by atoms with van der Waals surface area (Å²) in [7, 11) is 0. The van der Waals surface area contributed by atoms with Crippen LogP contribution in [0.2, 0.25) is 0 Å². The number of carbonyl (C=O) groups is 2. The summed E-state index contributed by atoms with van der Waals surface area (Å²) < 4.78 is 0. The van der Waals surface area contributed by atoms with Crippen molar-refractivity contribution in [3.8, 4) is 0 Å². The van der Waals surface area contributed by atoms with Crippen LogP contribution in [-0.2, 0) is 9.59 Å². The molecular weight excluding hydrogens is 322 g/mol. The van der Waals surface area contributed by atoms with Crippen molar-refractivity contribution >= 4 is 40.1 Å². The van der Waals surface area contributed by atoms with Gasteiger partial charge >= 0.3 is 0 Å². The molecule has 6 heteroatoms. The molecule has 0 unspecified atom stereocenters. The van der Waals surface area contributed by atoms with Gasteiger partial charge in [-0.15, -0.1) is 0 Å². The Morgan fingerprint density at radius 3 is 2.58 bits per heavy atom. The molecule has 2 N–H and O–H groups in total. The largest absolute Gasteiger partial charge is 0.326 e. The highest BCUT2D eigenvalue weighted by Gasteiger charge is 2.32. The number of para-hydroxylation sites is 1. The van der Waals surface area contributed by atoms with E-state index in [4.69, 9.17) is 0 Å². The molecule has 0 aromatic heterocycles. The summed E-state index contributed by atoms with van der Waals surface area (Å²) in [6.45, 7) is 1.98. The lowest BCUT2D eigenvalue weighted by Crippen LogP contribution is -2.28. The molecule has 1 aliphatic rings. The highest BCUT2D eigenvalue weighted by molar-refractivity contribution is 8.15. The number of nitrogens with one attached hydrogen (secondary N) is 2. The van der Waals surface area contributed by atoms with E-state index in [1.54, 1.807) is 0 Å². The standard InChI is InChI=1S/C18H17N3O2S/c1-12-7-9-14(10-8-12)19-16(22)11-15-17(23)21-18(24-15)20-13-5-3-2-4-6-13/h2-10,15H,11H2,1H3,(H,19,22)(H,20,21,23)/t15-/m0/s1. The second kappa shape index (κ2) is 7.31. The molecule has 1 fully saturated rings. The zero-order valence-electron chi connectivity index (χ0n) is 13.2.